The van der Waals surface area contributed by atoms with Crippen molar-refractivity contribution in [2.75, 3.05) is 6.54 Å². The van der Waals surface area contributed by atoms with Crippen LogP contribution >= 0.6 is 22.6 Å². The van der Waals surface area contributed by atoms with E-state index in [0.717, 1.165) is 9.26 Å². The summed E-state index contributed by atoms with van der Waals surface area (Å²) in [6.45, 7) is 5.85. The number of hydrogen-bond donors (Lipinski definition) is 1. The van der Waals surface area contributed by atoms with Crippen LogP contribution in [0.1, 0.15) is 37.0 Å². The Bertz CT molecular complexity index is 469. The van der Waals surface area contributed by atoms with Crippen molar-refractivity contribution < 1.29 is 14.3 Å². The van der Waals surface area contributed by atoms with Gasteiger partial charge in [0.05, 0.1) is 0 Å². The molecule has 1 rings (SSSR count). The zero-order valence-electron chi connectivity index (χ0n) is 11.2. The van der Waals surface area contributed by atoms with E-state index in [1.165, 1.54) is 0 Å². The Morgan fingerprint density at radius 2 is 2.16 bits per heavy atom. The van der Waals surface area contributed by atoms with Gasteiger partial charge in [0, 0.05) is 22.2 Å². The van der Waals surface area contributed by atoms with Crippen LogP contribution in [0.15, 0.2) is 12.1 Å². The number of nitrogens with one attached hydrogen (secondary N) is 1. The Morgan fingerprint density at radius 1 is 1.47 bits per heavy atom. The van der Waals surface area contributed by atoms with Crippen LogP contribution in [0.5, 0.6) is 0 Å². The summed E-state index contributed by atoms with van der Waals surface area (Å²) < 4.78 is 6.06. The second kappa shape index (κ2) is 6.83. The number of carbonyl (C=O) groups is 2. The average Bonchev–Trinajstić information content (AvgIpc) is 2.25. The number of aldehydes is 1. The highest BCUT2D eigenvalue weighted by Gasteiger charge is 2.15. The first-order valence-electron chi connectivity index (χ1n) is 5.88. The van der Waals surface area contributed by atoms with Gasteiger partial charge in [0.1, 0.15) is 11.3 Å². The molecule has 0 atom stereocenters. The molecule has 0 spiro atoms. The number of halogens is 1. The molecule has 0 aliphatic carbocycles. The van der Waals surface area contributed by atoms with Crippen LogP contribution in [0.2, 0.25) is 0 Å². The summed E-state index contributed by atoms with van der Waals surface area (Å²) in [5, 5.41) is 2.65. The molecular formula is C13H17IN2O3. The molecule has 0 bridgehead atoms. The molecule has 1 amide bonds. The SMILES string of the molecule is CC(C)(C)OC(=O)NCCc1cc(I)cc(C=O)n1. The quantitative estimate of drug-likeness (QED) is 0.648. The minimum Gasteiger partial charge on any atom is -0.444 e. The van der Waals surface area contributed by atoms with Crippen LogP contribution in [0, 0.1) is 3.57 Å². The number of alkyl carbamates (subject to hydrolysis) is 1. The summed E-state index contributed by atoms with van der Waals surface area (Å²) in [7, 11) is 0. The molecule has 5 nitrogen and oxygen atoms in total. The normalized spacial score (nSPS) is 10.9. The van der Waals surface area contributed by atoms with E-state index < -0.39 is 11.7 Å². The van der Waals surface area contributed by atoms with Crippen molar-refractivity contribution in [3.63, 3.8) is 0 Å². The highest BCUT2D eigenvalue weighted by Crippen LogP contribution is 2.09. The summed E-state index contributed by atoms with van der Waals surface area (Å²) in [6.07, 6.45) is 0.817. The van der Waals surface area contributed by atoms with Gasteiger partial charge in [-0.2, -0.15) is 0 Å². The zero-order valence-corrected chi connectivity index (χ0v) is 13.4. The fourth-order valence-electron chi connectivity index (χ4n) is 1.37. The van der Waals surface area contributed by atoms with Crippen LogP contribution < -0.4 is 5.32 Å². The van der Waals surface area contributed by atoms with Gasteiger partial charge in [0.15, 0.2) is 6.29 Å². The van der Waals surface area contributed by atoms with Crippen molar-refractivity contribution in [2.24, 2.45) is 0 Å². The highest BCUT2D eigenvalue weighted by molar-refractivity contribution is 14.1. The summed E-state index contributed by atoms with van der Waals surface area (Å²) in [5.74, 6) is 0. The number of amides is 1. The van der Waals surface area contributed by atoms with E-state index in [9.17, 15) is 9.59 Å². The number of hydrogen-bond acceptors (Lipinski definition) is 4. The fraction of sp³-hybridized carbons (Fsp3) is 0.462. The second-order valence-corrected chi connectivity index (χ2v) is 6.24. The summed E-state index contributed by atoms with van der Waals surface area (Å²) in [6, 6.07) is 3.59. The molecule has 1 N–H and O–H groups in total. The predicted octanol–water partition coefficient (Wildman–Crippen LogP) is 2.57. The molecule has 0 unspecified atom stereocenters. The van der Waals surface area contributed by atoms with E-state index in [-0.39, 0.29) is 0 Å². The molecule has 6 heteroatoms. The van der Waals surface area contributed by atoms with Gasteiger partial charge in [-0.25, -0.2) is 9.78 Å². The standard InChI is InChI=1S/C13H17IN2O3/c1-13(2,3)19-12(18)15-5-4-10-6-9(14)7-11(8-17)16-10/h6-8H,4-5H2,1-3H3,(H,15,18). The lowest BCUT2D eigenvalue weighted by molar-refractivity contribution is 0.0528. The number of pyridine rings is 1. The molecule has 0 aliphatic heterocycles. The molecule has 1 aromatic heterocycles. The first kappa shape index (κ1) is 15.9. The molecule has 0 fully saturated rings. The molecule has 19 heavy (non-hydrogen) atoms. The molecule has 1 heterocycles. The van der Waals surface area contributed by atoms with Gasteiger partial charge in [-0.05, 0) is 55.5 Å². The lowest BCUT2D eigenvalue weighted by Crippen LogP contribution is -2.33. The summed E-state index contributed by atoms with van der Waals surface area (Å²) in [4.78, 5) is 26.3. The Morgan fingerprint density at radius 3 is 2.74 bits per heavy atom. The van der Waals surface area contributed by atoms with Crippen molar-refractivity contribution in [3.05, 3.63) is 27.1 Å². The van der Waals surface area contributed by atoms with Gasteiger partial charge >= 0.3 is 6.09 Å². The maximum absolute atomic E-state index is 11.4. The van der Waals surface area contributed by atoms with Gasteiger partial charge < -0.3 is 10.1 Å². The van der Waals surface area contributed by atoms with E-state index in [1.807, 2.05) is 26.8 Å². The third kappa shape index (κ3) is 6.51. The summed E-state index contributed by atoms with van der Waals surface area (Å²) in [5.41, 5.74) is 0.666. The smallest absolute Gasteiger partial charge is 0.407 e. The molecule has 0 aliphatic rings. The van der Waals surface area contributed by atoms with Gasteiger partial charge in [0.25, 0.3) is 0 Å². The van der Waals surface area contributed by atoms with Crippen molar-refractivity contribution in [1.29, 1.82) is 0 Å². The predicted molar refractivity (Wildman–Crippen MR) is 80.3 cm³/mol. The minimum absolute atomic E-state index is 0.402. The van der Waals surface area contributed by atoms with E-state index >= 15 is 0 Å². The summed E-state index contributed by atoms with van der Waals surface area (Å²) >= 11 is 2.13. The third-order valence-electron chi connectivity index (χ3n) is 2.03. The largest absolute Gasteiger partial charge is 0.444 e. The zero-order chi connectivity index (χ0) is 14.5. The van der Waals surface area contributed by atoms with E-state index in [1.54, 1.807) is 6.07 Å². The van der Waals surface area contributed by atoms with Gasteiger partial charge in [-0.1, -0.05) is 0 Å². The van der Waals surface area contributed by atoms with Crippen molar-refractivity contribution in [2.45, 2.75) is 32.8 Å². The fourth-order valence-corrected chi connectivity index (χ4v) is 2.05. The van der Waals surface area contributed by atoms with Crippen molar-refractivity contribution in [3.8, 4) is 0 Å². The molecular weight excluding hydrogens is 359 g/mol. The molecule has 0 saturated heterocycles. The number of ether oxygens (including phenoxy) is 1. The Labute approximate surface area is 126 Å². The Hall–Kier alpha value is -1.18. The van der Waals surface area contributed by atoms with Gasteiger partial charge in [-0.3, -0.25) is 4.79 Å². The number of aromatic nitrogens is 1. The third-order valence-corrected chi connectivity index (χ3v) is 2.66. The lowest BCUT2D eigenvalue weighted by atomic mass is 10.2. The van der Waals surface area contributed by atoms with Gasteiger partial charge in [-0.15, -0.1) is 0 Å². The lowest BCUT2D eigenvalue weighted by Gasteiger charge is -2.19. The highest BCUT2D eigenvalue weighted by atomic mass is 127. The topological polar surface area (TPSA) is 68.3 Å². The van der Waals surface area contributed by atoms with Crippen molar-refractivity contribution >= 4 is 35.0 Å². The molecule has 0 saturated carbocycles. The number of carbonyl (C=O) groups excluding carboxylic acids is 2. The molecule has 104 valence electrons. The Balaban J connectivity index is 2.47. The Kier molecular flexibility index (Phi) is 5.71. The van der Waals surface area contributed by atoms with Crippen LogP contribution in [0.25, 0.3) is 0 Å². The molecule has 0 aromatic carbocycles. The maximum atomic E-state index is 11.4. The molecule has 0 radical (unpaired) electrons. The van der Waals surface area contributed by atoms with Crippen LogP contribution in [-0.2, 0) is 11.2 Å². The number of rotatable bonds is 4. The van der Waals surface area contributed by atoms with Crippen LogP contribution in [-0.4, -0.2) is 29.5 Å². The van der Waals surface area contributed by atoms with E-state index in [2.05, 4.69) is 32.9 Å². The maximum Gasteiger partial charge on any atom is 0.407 e. The molecule has 1 aromatic rings. The van der Waals surface area contributed by atoms with Crippen molar-refractivity contribution in [1.82, 2.24) is 10.3 Å². The van der Waals surface area contributed by atoms with E-state index in [0.29, 0.717) is 24.9 Å². The number of nitrogens with zero attached hydrogens (tertiary/aromatic N) is 1. The van der Waals surface area contributed by atoms with E-state index in [4.69, 9.17) is 4.74 Å². The van der Waals surface area contributed by atoms with Crippen LogP contribution in [0.3, 0.4) is 0 Å². The average molecular weight is 376 g/mol. The van der Waals surface area contributed by atoms with Gasteiger partial charge in [0.2, 0.25) is 0 Å². The van der Waals surface area contributed by atoms with Crippen LogP contribution in [0.4, 0.5) is 4.79 Å². The second-order valence-electron chi connectivity index (χ2n) is 5.00. The monoisotopic (exact) mass is 376 g/mol. The minimum atomic E-state index is -0.505. The first-order chi connectivity index (χ1) is 8.80. The first-order valence-corrected chi connectivity index (χ1v) is 6.96.